The van der Waals surface area contributed by atoms with E-state index >= 15 is 0 Å². The lowest BCUT2D eigenvalue weighted by Crippen LogP contribution is -2.30. The summed E-state index contributed by atoms with van der Waals surface area (Å²) in [6.07, 6.45) is 4.20. The summed E-state index contributed by atoms with van der Waals surface area (Å²) in [4.78, 5) is 22.3. The maximum absolute atomic E-state index is 12.5. The molecule has 0 bridgehead atoms. The second kappa shape index (κ2) is 6.81. The highest BCUT2D eigenvalue weighted by Gasteiger charge is 2.20. The fraction of sp³-hybridized carbons (Fsp3) is 0.188. The number of nitrogens with one attached hydrogen (secondary N) is 1. The van der Waals surface area contributed by atoms with Gasteiger partial charge in [0.2, 0.25) is 0 Å². The van der Waals surface area contributed by atoms with Crippen LogP contribution < -0.4 is 5.32 Å². The molecule has 0 aliphatic rings. The Hall–Kier alpha value is -2.05. The summed E-state index contributed by atoms with van der Waals surface area (Å²) in [5, 5.41) is 7.98. The summed E-state index contributed by atoms with van der Waals surface area (Å²) in [7, 11) is 0. The molecular formula is C16H15N3OS2. The van der Waals surface area contributed by atoms with Crippen LogP contribution >= 0.6 is 22.7 Å². The van der Waals surface area contributed by atoms with Gasteiger partial charge in [-0.2, -0.15) is 0 Å². The molecule has 0 saturated heterocycles. The van der Waals surface area contributed by atoms with Crippen molar-refractivity contribution in [1.29, 1.82) is 0 Å². The maximum atomic E-state index is 12.5. The zero-order valence-corrected chi connectivity index (χ0v) is 13.7. The molecule has 3 aromatic rings. The number of aryl methyl sites for hydroxylation is 1. The van der Waals surface area contributed by atoms with Crippen LogP contribution in [0, 0.1) is 6.92 Å². The number of hydrogen-bond donors (Lipinski definition) is 1. The van der Waals surface area contributed by atoms with Crippen molar-refractivity contribution in [3.8, 4) is 0 Å². The van der Waals surface area contributed by atoms with Crippen LogP contribution in [-0.2, 0) is 6.42 Å². The number of nitrogens with zero attached hydrogens (tertiary/aromatic N) is 2. The molecule has 4 nitrogen and oxygen atoms in total. The number of pyridine rings is 1. The van der Waals surface area contributed by atoms with Crippen LogP contribution in [0.1, 0.15) is 32.0 Å². The van der Waals surface area contributed by atoms with Gasteiger partial charge in [-0.1, -0.05) is 6.07 Å². The molecule has 3 heterocycles. The zero-order chi connectivity index (χ0) is 15.4. The van der Waals surface area contributed by atoms with Crippen molar-refractivity contribution in [3.05, 3.63) is 68.6 Å². The SMILES string of the molecule is Cc1ncccc1C(=O)NC(Cc1cccs1)c1nccs1. The minimum atomic E-state index is -0.120. The minimum absolute atomic E-state index is 0.109. The van der Waals surface area contributed by atoms with E-state index in [2.05, 4.69) is 21.4 Å². The molecular weight excluding hydrogens is 314 g/mol. The molecule has 3 aromatic heterocycles. The Bertz CT molecular complexity index is 739. The molecule has 1 amide bonds. The monoisotopic (exact) mass is 329 g/mol. The van der Waals surface area contributed by atoms with Crippen LogP contribution in [0.15, 0.2) is 47.4 Å². The molecule has 6 heteroatoms. The van der Waals surface area contributed by atoms with E-state index in [4.69, 9.17) is 0 Å². The van der Waals surface area contributed by atoms with Gasteiger partial charge in [0.1, 0.15) is 5.01 Å². The molecule has 1 atom stereocenters. The van der Waals surface area contributed by atoms with Crippen molar-refractivity contribution in [1.82, 2.24) is 15.3 Å². The Morgan fingerprint density at radius 2 is 2.09 bits per heavy atom. The molecule has 0 radical (unpaired) electrons. The molecule has 0 aliphatic heterocycles. The first kappa shape index (κ1) is 14.9. The van der Waals surface area contributed by atoms with Gasteiger partial charge in [-0.15, -0.1) is 22.7 Å². The highest BCUT2D eigenvalue weighted by Crippen LogP contribution is 2.23. The summed E-state index contributed by atoms with van der Waals surface area (Å²) < 4.78 is 0. The summed E-state index contributed by atoms with van der Waals surface area (Å²) in [5.41, 5.74) is 1.34. The van der Waals surface area contributed by atoms with Gasteiger partial charge in [-0.05, 0) is 30.5 Å². The second-order valence-electron chi connectivity index (χ2n) is 4.82. The fourth-order valence-electron chi connectivity index (χ4n) is 2.20. The van der Waals surface area contributed by atoms with Crippen LogP contribution in [-0.4, -0.2) is 15.9 Å². The van der Waals surface area contributed by atoms with E-state index in [1.165, 1.54) is 4.88 Å². The van der Waals surface area contributed by atoms with Gasteiger partial charge in [-0.25, -0.2) is 4.98 Å². The largest absolute Gasteiger partial charge is 0.342 e. The van der Waals surface area contributed by atoms with Crippen molar-refractivity contribution >= 4 is 28.6 Å². The van der Waals surface area contributed by atoms with Crippen LogP contribution in [0.3, 0.4) is 0 Å². The third kappa shape index (κ3) is 3.40. The third-order valence-corrected chi connectivity index (χ3v) is 5.08. The number of aromatic nitrogens is 2. The molecule has 0 aliphatic carbocycles. The molecule has 3 rings (SSSR count). The van der Waals surface area contributed by atoms with Crippen molar-refractivity contribution in [2.75, 3.05) is 0 Å². The summed E-state index contributed by atoms with van der Waals surface area (Å²) in [6, 6.07) is 7.55. The standard InChI is InChI=1S/C16H15N3OS2/c1-11-13(5-2-6-17-11)15(20)19-14(16-18-7-9-22-16)10-12-4-3-8-21-12/h2-9,14H,10H2,1H3,(H,19,20). The van der Waals surface area contributed by atoms with E-state index in [0.717, 1.165) is 17.1 Å². The number of hydrogen-bond acceptors (Lipinski definition) is 5. The van der Waals surface area contributed by atoms with Crippen LogP contribution in [0.5, 0.6) is 0 Å². The van der Waals surface area contributed by atoms with Gasteiger partial charge in [-0.3, -0.25) is 9.78 Å². The average Bonchev–Trinajstić information content (AvgIpc) is 3.20. The van der Waals surface area contributed by atoms with Crippen LogP contribution in [0.4, 0.5) is 0 Å². The van der Waals surface area contributed by atoms with Crippen molar-refractivity contribution in [2.45, 2.75) is 19.4 Å². The van der Waals surface area contributed by atoms with Gasteiger partial charge in [0.25, 0.3) is 5.91 Å². The topological polar surface area (TPSA) is 54.9 Å². The lowest BCUT2D eigenvalue weighted by atomic mass is 10.1. The lowest BCUT2D eigenvalue weighted by Gasteiger charge is -2.16. The van der Waals surface area contributed by atoms with E-state index < -0.39 is 0 Å². The first-order chi connectivity index (χ1) is 10.7. The van der Waals surface area contributed by atoms with Crippen molar-refractivity contribution < 1.29 is 4.79 Å². The highest BCUT2D eigenvalue weighted by molar-refractivity contribution is 7.10. The Morgan fingerprint density at radius 1 is 1.18 bits per heavy atom. The zero-order valence-electron chi connectivity index (χ0n) is 12.0. The van der Waals surface area contributed by atoms with Gasteiger partial charge in [0.05, 0.1) is 11.6 Å². The van der Waals surface area contributed by atoms with Crippen molar-refractivity contribution in [3.63, 3.8) is 0 Å². The normalized spacial score (nSPS) is 12.0. The summed E-state index contributed by atoms with van der Waals surface area (Å²) >= 11 is 3.25. The van der Waals surface area contributed by atoms with E-state index in [-0.39, 0.29) is 11.9 Å². The number of amides is 1. The quantitative estimate of drug-likeness (QED) is 0.778. The molecule has 0 aromatic carbocycles. The average molecular weight is 329 g/mol. The highest BCUT2D eigenvalue weighted by atomic mass is 32.1. The molecule has 1 unspecified atom stereocenters. The molecule has 0 saturated carbocycles. The maximum Gasteiger partial charge on any atom is 0.253 e. The van der Waals surface area contributed by atoms with Crippen molar-refractivity contribution in [2.24, 2.45) is 0 Å². The Balaban J connectivity index is 1.81. The lowest BCUT2D eigenvalue weighted by molar-refractivity contribution is 0.0935. The first-order valence-corrected chi connectivity index (χ1v) is 8.64. The number of thiazole rings is 1. The van der Waals surface area contributed by atoms with Crippen LogP contribution in [0.2, 0.25) is 0 Å². The molecule has 22 heavy (non-hydrogen) atoms. The predicted octanol–water partition coefficient (Wildman–Crippen LogP) is 3.62. The van der Waals surface area contributed by atoms with Crippen LogP contribution in [0.25, 0.3) is 0 Å². The molecule has 0 fully saturated rings. The Labute approximate surface area is 136 Å². The Morgan fingerprint density at radius 3 is 2.77 bits per heavy atom. The van der Waals surface area contributed by atoms with E-state index in [1.807, 2.05) is 23.8 Å². The number of rotatable bonds is 5. The van der Waals surface area contributed by atoms with Gasteiger partial charge < -0.3 is 5.32 Å². The molecule has 112 valence electrons. The smallest absolute Gasteiger partial charge is 0.253 e. The fourth-order valence-corrected chi connectivity index (χ4v) is 3.64. The van der Waals surface area contributed by atoms with Gasteiger partial charge in [0.15, 0.2) is 0 Å². The number of carbonyl (C=O) groups is 1. The summed E-state index contributed by atoms with van der Waals surface area (Å²) in [6.45, 7) is 1.84. The third-order valence-electron chi connectivity index (χ3n) is 3.29. The molecule has 1 N–H and O–H groups in total. The minimum Gasteiger partial charge on any atom is -0.342 e. The molecule has 0 spiro atoms. The first-order valence-electron chi connectivity index (χ1n) is 6.88. The van der Waals surface area contributed by atoms with E-state index in [1.54, 1.807) is 47.2 Å². The number of carbonyl (C=O) groups excluding carboxylic acids is 1. The Kier molecular flexibility index (Phi) is 4.60. The van der Waals surface area contributed by atoms with E-state index in [9.17, 15) is 4.79 Å². The van der Waals surface area contributed by atoms with E-state index in [0.29, 0.717) is 5.56 Å². The predicted molar refractivity (Wildman–Crippen MR) is 89.3 cm³/mol. The summed E-state index contributed by atoms with van der Waals surface area (Å²) in [5.74, 6) is -0.109. The number of thiophene rings is 1. The second-order valence-corrected chi connectivity index (χ2v) is 6.77. The van der Waals surface area contributed by atoms with Gasteiger partial charge in [0, 0.05) is 34.8 Å². The van der Waals surface area contributed by atoms with Gasteiger partial charge >= 0.3 is 0 Å².